The van der Waals surface area contributed by atoms with Crippen molar-refractivity contribution in [2.75, 3.05) is 5.75 Å². The fourth-order valence-electron chi connectivity index (χ4n) is 2.29. The van der Waals surface area contributed by atoms with Gasteiger partial charge < -0.3 is 5.32 Å². The van der Waals surface area contributed by atoms with Crippen molar-refractivity contribution in [3.05, 3.63) is 71.5 Å². The highest BCUT2D eigenvalue weighted by Crippen LogP contribution is 2.15. The summed E-state index contributed by atoms with van der Waals surface area (Å²) in [6.45, 7) is 2.02. The average molecular weight is 331 g/mol. The van der Waals surface area contributed by atoms with Crippen molar-refractivity contribution in [1.29, 1.82) is 0 Å². The van der Waals surface area contributed by atoms with E-state index in [1.165, 1.54) is 23.4 Å². The number of benzene rings is 2. The summed E-state index contributed by atoms with van der Waals surface area (Å²) in [5.74, 6) is 0.659. The molecule has 0 heterocycles. The monoisotopic (exact) mass is 331 g/mol. The molecule has 0 aliphatic heterocycles. The molecule has 4 heteroatoms. The Labute approximate surface area is 141 Å². The van der Waals surface area contributed by atoms with E-state index >= 15 is 0 Å². The highest BCUT2D eigenvalue weighted by Gasteiger charge is 2.08. The zero-order valence-corrected chi connectivity index (χ0v) is 14.1. The first-order chi connectivity index (χ1) is 11.1. The van der Waals surface area contributed by atoms with Crippen LogP contribution in [0.4, 0.5) is 4.39 Å². The lowest BCUT2D eigenvalue weighted by Crippen LogP contribution is -2.34. The summed E-state index contributed by atoms with van der Waals surface area (Å²) in [5, 5.41) is 3.00. The van der Waals surface area contributed by atoms with E-state index < -0.39 is 0 Å². The van der Waals surface area contributed by atoms with Crippen molar-refractivity contribution < 1.29 is 9.18 Å². The van der Waals surface area contributed by atoms with Gasteiger partial charge in [0.15, 0.2) is 0 Å². The molecule has 0 radical (unpaired) electrons. The molecule has 0 aliphatic carbocycles. The lowest BCUT2D eigenvalue weighted by molar-refractivity contribution is -0.119. The maximum absolute atomic E-state index is 13.5. The Balaban J connectivity index is 1.65. The summed E-state index contributed by atoms with van der Waals surface area (Å²) < 4.78 is 13.5. The van der Waals surface area contributed by atoms with Crippen molar-refractivity contribution >= 4 is 17.7 Å². The minimum Gasteiger partial charge on any atom is -0.353 e. The Morgan fingerprint density at radius 1 is 1.13 bits per heavy atom. The molecule has 0 fully saturated rings. The van der Waals surface area contributed by atoms with E-state index in [-0.39, 0.29) is 17.8 Å². The number of halogens is 1. The van der Waals surface area contributed by atoms with Crippen LogP contribution in [0.5, 0.6) is 0 Å². The van der Waals surface area contributed by atoms with Crippen molar-refractivity contribution in [2.24, 2.45) is 0 Å². The van der Waals surface area contributed by atoms with Crippen LogP contribution in [0.3, 0.4) is 0 Å². The minimum absolute atomic E-state index is 0.00639. The molecule has 23 heavy (non-hydrogen) atoms. The van der Waals surface area contributed by atoms with Gasteiger partial charge in [0.1, 0.15) is 5.82 Å². The molecule has 122 valence electrons. The fraction of sp³-hybridized carbons (Fsp3) is 0.316. The van der Waals surface area contributed by atoms with Gasteiger partial charge in [0.2, 0.25) is 5.91 Å². The minimum atomic E-state index is -0.211. The van der Waals surface area contributed by atoms with E-state index in [4.69, 9.17) is 0 Å². The second kappa shape index (κ2) is 9.36. The quantitative estimate of drug-likeness (QED) is 0.785. The molecule has 0 aromatic heterocycles. The van der Waals surface area contributed by atoms with Crippen LogP contribution in [0.1, 0.15) is 24.5 Å². The zero-order valence-electron chi connectivity index (χ0n) is 13.3. The van der Waals surface area contributed by atoms with Crippen LogP contribution < -0.4 is 5.32 Å². The molecule has 2 nitrogen and oxygen atoms in total. The lowest BCUT2D eigenvalue weighted by atomic mass is 10.1. The van der Waals surface area contributed by atoms with E-state index in [1.54, 1.807) is 12.1 Å². The SMILES string of the molecule is CC(CCc1ccccc1)NC(=O)CSCc1ccccc1F. The number of carbonyl (C=O) groups excluding carboxylic acids is 1. The third-order valence-corrected chi connectivity index (χ3v) is 4.55. The van der Waals surface area contributed by atoms with Crippen LogP contribution >= 0.6 is 11.8 Å². The molecule has 2 aromatic rings. The molecule has 2 aromatic carbocycles. The highest BCUT2D eigenvalue weighted by molar-refractivity contribution is 7.99. The molecule has 1 unspecified atom stereocenters. The number of carbonyl (C=O) groups is 1. The predicted octanol–water partition coefficient (Wildman–Crippen LogP) is 4.20. The van der Waals surface area contributed by atoms with Gasteiger partial charge in [-0.15, -0.1) is 11.8 Å². The Morgan fingerprint density at radius 2 is 1.83 bits per heavy atom. The topological polar surface area (TPSA) is 29.1 Å². The average Bonchev–Trinajstić information content (AvgIpc) is 2.56. The van der Waals surface area contributed by atoms with Gasteiger partial charge >= 0.3 is 0 Å². The first-order valence-electron chi connectivity index (χ1n) is 7.79. The molecule has 0 saturated heterocycles. The van der Waals surface area contributed by atoms with Crippen LogP contribution in [0.25, 0.3) is 0 Å². The van der Waals surface area contributed by atoms with E-state index in [9.17, 15) is 9.18 Å². The van der Waals surface area contributed by atoms with Crippen molar-refractivity contribution in [3.8, 4) is 0 Å². The van der Waals surface area contributed by atoms with Gasteiger partial charge in [-0.2, -0.15) is 0 Å². The molecule has 1 amide bonds. The zero-order chi connectivity index (χ0) is 16.5. The fourth-order valence-corrected chi connectivity index (χ4v) is 3.11. The first-order valence-corrected chi connectivity index (χ1v) is 8.95. The Bertz CT molecular complexity index is 618. The predicted molar refractivity (Wildman–Crippen MR) is 94.9 cm³/mol. The van der Waals surface area contributed by atoms with Gasteiger partial charge in [-0.1, -0.05) is 48.5 Å². The first kappa shape index (κ1) is 17.5. The van der Waals surface area contributed by atoms with Crippen LogP contribution in [0, 0.1) is 5.82 Å². The Kier molecular flexibility index (Phi) is 7.14. The molecule has 0 spiro atoms. The summed E-state index contributed by atoms with van der Waals surface area (Å²) in [6.07, 6.45) is 1.86. The highest BCUT2D eigenvalue weighted by atomic mass is 32.2. The van der Waals surface area contributed by atoms with Gasteiger partial charge in [-0.25, -0.2) is 4.39 Å². The molecular formula is C19H22FNOS. The largest absolute Gasteiger partial charge is 0.353 e. The van der Waals surface area contributed by atoms with Crippen molar-refractivity contribution in [2.45, 2.75) is 31.6 Å². The number of amides is 1. The summed E-state index contributed by atoms with van der Waals surface area (Å²) in [5.41, 5.74) is 1.92. The third-order valence-electron chi connectivity index (χ3n) is 3.56. The smallest absolute Gasteiger partial charge is 0.230 e. The van der Waals surface area contributed by atoms with Crippen LogP contribution in [0.15, 0.2) is 54.6 Å². The Morgan fingerprint density at radius 3 is 2.57 bits per heavy atom. The summed E-state index contributed by atoms with van der Waals surface area (Å²) in [7, 11) is 0. The maximum Gasteiger partial charge on any atom is 0.230 e. The number of nitrogens with one attached hydrogen (secondary N) is 1. The second-order valence-corrected chi connectivity index (χ2v) is 6.56. The molecule has 0 saturated carbocycles. The van der Waals surface area contributed by atoms with Crippen LogP contribution in [0.2, 0.25) is 0 Å². The summed E-state index contributed by atoms with van der Waals surface area (Å²) in [6, 6.07) is 17.1. The van der Waals surface area contributed by atoms with E-state index in [0.29, 0.717) is 17.1 Å². The molecule has 1 N–H and O–H groups in total. The number of aryl methyl sites for hydroxylation is 1. The molecule has 1 atom stereocenters. The molecule has 0 bridgehead atoms. The number of rotatable bonds is 8. The van der Waals surface area contributed by atoms with Crippen molar-refractivity contribution in [3.63, 3.8) is 0 Å². The summed E-state index contributed by atoms with van der Waals surface area (Å²) in [4.78, 5) is 11.9. The van der Waals surface area contributed by atoms with Gasteiger partial charge in [0.05, 0.1) is 5.75 Å². The summed E-state index contributed by atoms with van der Waals surface area (Å²) >= 11 is 1.43. The second-order valence-electron chi connectivity index (χ2n) is 5.58. The Hall–Kier alpha value is -1.81. The number of thioether (sulfide) groups is 1. The lowest BCUT2D eigenvalue weighted by Gasteiger charge is -2.14. The standard InChI is InChI=1S/C19H22FNOS/c1-15(11-12-16-7-3-2-4-8-16)21-19(22)14-23-13-17-9-5-6-10-18(17)20/h2-10,15H,11-14H2,1H3,(H,21,22). The van der Waals surface area contributed by atoms with Crippen LogP contribution in [-0.4, -0.2) is 17.7 Å². The van der Waals surface area contributed by atoms with E-state index in [1.807, 2.05) is 31.2 Å². The van der Waals surface area contributed by atoms with E-state index in [0.717, 1.165) is 12.8 Å². The third kappa shape index (κ3) is 6.45. The molecule has 2 rings (SSSR count). The van der Waals surface area contributed by atoms with Gasteiger partial charge in [0, 0.05) is 11.8 Å². The van der Waals surface area contributed by atoms with E-state index in [2.05, 4.69) is 17.4 Å². The van der Waals surface area contributed by atoms with Gasteiger partial charge in [-0.3, -0.25) is 4.79 Å². The van der Waals surface area contributed by atoms with Gasteiger partial charge in [0.25, 0.3) is 0 Å². The van der Waals surface area contributed by atoms with Gasteiger partial charge in [-0.05, 0) is 37.0 Å². The normalized spacial score (nSPS) is 11.9. The maximum atomic E-state index is 13.5. The van der Waals surface area contributed by atoms with Crippen molar-refractivity contribution in [1.82, 2.24) is 5.32 Å². The molecular weight excluding hydrogens is 309 g/mol. The number of hydrogen-bond acceptors (Lipinski definition) is 2. The molecule has 0 aliphatic rings. The number of hydrogen-bond donors (Lipinski definition) is 1. The van der Waals surface area contributed by atoms with Crippen LogP contribution in [-0.2, 0) is 17.0 Å².